The molecule has 134 valence electrons. The molecular formula is C19H19N3O3S. The van der Waals surface area contributed by atoms with Crippen LogP contribution >= 0.6 is 11.3 Å². The number of imide groups is 1. The molecule has 26 heavy (non-hydrogen) atoms. The van der Waals surface area contributed by atoms with Crippen molar-refractivity contribution in [2.45, 2.75) is 6.54 Å². The average Bonchev–Trinajstić information content (AvgIpc) is 3.25. The second-order valence-electron chi connectivity index (χ2n) is 6.58. The van der Waals surface area contributed by atoms with Crippen LogP contribution in [0.2, 0.25) is 0 Å². The number of rotatable bonds is 3. The summed E-state index contributed by atoms with van der Waals surface area (Å²) in [6, 6.07) is 8.96. The van der Waals surface area contributed by atoms with E-state index >= 15 is 0 Å². The van der Waals surface area contributed by atoms with Crippen LogP contribution in [0.1, 0.15) is 36.0 Å². The first-order chi connectivity index (χ1) is 12.5. The first kappa shape index (κ1) is 16.9. The third kappa shape index (κ3) is 2.93. The fraction of sp³-hybridized carbons (Fsp3) is 0.316. The summed E-state index contributed by atoms with van der Waals surface area (Å²) in [4.78, 5) is 43.5. The smallest absolute Gasteiger partial charge is 0.261 e. The summed E-state index contributed by atoms with van der Waals surface area (Å²) in [5.41, 5.74) is 1.15. The molecule has 0 radical (unpaired) electrons. The first-order valence-corrected chi connectivity index (χ1v) is 9.43. The molecule has 0 aliphatic carbocycles. The minimum Gasteiger partial charge on any atom is -0.336 e. The van der Waals surface area contributed by atoms with Gasteiger partial charge >= 0.3 is 0 Å². The van der Waals surface area contributed by atoms with Gasteiger partial charge in [-0.05, 0) is 29.6 Å². The molecule has 7 heteroatoms. The van der Waals surface area contributed by atoms with Gasteiger partial charge in [0.2, 0.25) is 0 Å². The molecule has 2 aliphatic rings. The topological polar surface area (TPSA) is 60.9 Å². The monoisotopic (exact) mass is 369 g/mol. The Hall–Kier alpha value is -2.51. The Morgan fingerprint density at radius 1 is 1.04 bits per heavy atom. The lowest BCUT2D eigenvalue weighted by molar-refractivity contribution is 0.0629. The van der Waals surface area contributed by atoms with Gasteiger partial charge in [-0.25, -0.2) is 0 Å². The van der Waals surface area contributed by atoms with Crippen molar-refractivity contribution >= 4 is 29.1 Å². The third-order valence-corrected chi connectivity index (χ3v) is 5.82. The van der Waals surface area contributed by atoms with Crippen molar-refractivity contribution in [3.05, 3.63) is 57.3 Å². The van der Waals surface area contributed by atoms with Crippen LogP contribution in [0, 0.1) is 0 Å². The van der Waals surface area contributed by atoms with Gasteiger partial charge in [0.25, 0.3) is 17.7 Å². The van der Waals surface area contributed by atoms with Crippen LogP contribution in [0.25, 0.3) is 0 Å². The molecule has 1 aromatic heterocycles. The summed E-state index contributed by atoms with van der Waals surface area (Å²) >= 11 is 1.75. The maximum absolute atomic E-state index is 12.8. The number of thiophene rings is 1. The average molecular weight is 369 g/mol. The lowest BCUT2D eigenvalue weighted by Crippen LogP contribution is -2.48. The minimum absolute atomic E-state index is 0.0848. The summed E-state index contributed by atoms with van der Waals surface area (Å²) in [6.07, 6.45) is 0. The maximum atomic E-state index is 12.8. The Kier molecular flexibility index (Phi) is 4.34. The number of nitrogens with zero attached hydrogens (tertiary/aromatic N) is 3. The predicted octanol–water partition coefficient (Wildman–Crippen LogP) is 1.93. The third-order valence-electron chi connectivity index (χ3n) is 4.96. The van der Waals surface area contributed by atoms with Crippen molar-refractivity contribution in [3.63, 3.8) is 0 Å². The predicted molar refractivity (Wildman–Crippen MR) is 98.4 cm³/mol. The quantitative estimate of drug-likeness (QED) is 0.776. The Morgan fingerprint density at radius 2 is 1.77 bits per heavy atom. The van der Waals surface area contributed by atoms with E-state index in [2.05, 4.69) is 22.4 Å². The molecular weight excluding hydrogens is 350 g/mol. The zero-order chi connectivity index (χ0) is 18.3. The van der Waals surface area contributed by atoms with E-state index in [1.165, 1.54) is 11.9 Å². The molecule has 3 amide bonds. The van der Waals surface area contributed by atoms with E-state index < -0.39 is 0 Å². The number of carbonyl (C=O) groups is 3. The second-order valence-corrected chi connectivity index (χ2v) is 7.61. The van der Waals surface area contributed by atoms with Crippen LogP contribution in [0.15, 0.2) is 35.7 Å². The van der Waals surface area contributed by atoms with Crippen molar-refractivity contribution < 1.29 is 14.4 Å². The molecule has 0 unspecified atom stereocenters. The summed E-state index contributed by atoms with van der Waals surface area (Å²) < 4.78 is 0. The number of hydrogen-bond donors (Lipinski definition) is 0. The lowest BCUT2D eigenvalue weighted by atomic mass is 10.0. The number of benzene rings is 1. The summed E-state index contributed by atoms with van der Waals surface area (Å²) in [5.74, 6) is -0.745. The molecule has 3 heterocycles. The molecule has 0 bridgehead atoms. The minimum atomic E-state index is -0.347. The van der Waals surface area contributed by atoms with E-state index in [-0.39, 0.29) is 17.7 Å². The van der Waals surface area contributed by atoms with Crippen LogP contribution in [0.5, 0.6) is 0 Å². The van der Waals surface area contributed by atoms with Crippen LogP contribution in [0.4, 0.5) is 0 Å². The van der Waals surface area contributed by atoms with Crippen molar-refractivity contribution in [2.75, 3.05) is 33.2 Å². The van der Waals surface area contributed by atoms with Crippen molar-refractivity contribution in [3.8, 4) is 0 Å². The molecule has 0 N–H and O–H groups in total. The van der Waals surface area contributed by atoms with Gasteiger partial charge in [-0.3, -0.25) is 24.2 Å². The normalized spacial score (nSPS) is 17.7. The number of carbonyl (C=O) groups excluding carboxylic acids is 3. The van der Waals surface area contributed by atoms with E-state index in [1.807, 2.05) is 4.90 Å². The summed E-state index contributed by atoms with van der Waals surface area (Å²) in [6.45, 7) is 3.90. The zero-order valence-electron chi connectivity index (χ0n) is 14.5. The Bertz CT molecular complexity index is 870. The Morgan fingerprint density at radius 3 is 2.46 bits per heavy atom. The highest BCUT2D eigenvalue weighted by Gasteiger charge is 2.33. The highest BCUT2D eigenvalue weighted by atomic mass is 32.1. The van der Waals surface area contributed by atoms with E-state index in [4.69, 9.17) is 0 Å². The lowest BCUT2D eigenvalue weighted by Gasteiger charge is -2.34. The van der Waals surface area contributed by atoms with Gasteiger partial charge < -0.3 is 4.90 Å². The molecule has 4 rings (SSSR count). The fourth-order valence-corrected chi connectivity index (χ4v) is 4.16. The molecule has 2 aliphatic heterocycles. The number of piperazine rings is 1. The van der Waals surface area contributed by atoms with E-state index in [0.717, 1.165) is 24.5 Å². The SMILES string of the molecule is CN1C(=O)c2ccc(C(=O)N3CCN(Cc4cccs4)CC3)cc2C1=O. The molecule has 1 saturated heterocycles. The van der Waals surface area contributed by atoms with Gasteiger partial charge in [0, 0.05) is 50.2 Å². The second kappa shape index (κ2) is 6.66. The largest absolute Gasteiger partial charge is 0.336 e. The van der Waals surface area contributed by atoms with Gasteiger partial charge in [-0.15, -0.1) is 11.3 Å². The van der Waals surface area contributed by atoms with Gasteiger partial charge in [0.15, 0.2) is 0 Å². The Balaban J connectivity index is 1.43. The number of fused-ring (bicyclic) bond motifs is 1. The van der Waals surface area contributed by atoms with Crippen LogP contribution < -0.4 is 0 Å². The Labute approximate surface area is 155 Å². The molecule has 0 atom stereocenters. The van der Waals surface area contributed by atoms with Crippen molar-refractivity contribution in [2.24, 2.45) is 0 Å². The van der Waals surface area contributed by atoms with E-state index in [9.17, 15) is 14.4 Å². The highest BCUT2D eigenvalue weighted by molar-refractivity contribution is 7.09. The van der Waals surface area contributed by atoms with Gasteiger partial charge in [-0.1, -0.05) is 6.07 Å². The van der Waals surface area contributed by atoms with Crippen LogP contribution in [-0.4, -0.2) is 65.6 Å². The zero-order valence-corrected chi connectivity index (χ0v) is 15.3. The van der Waals surface area contributed by atoms with Gasteiger partial charge in [-0.2, -0.15) is 0 Å². The van der Waals surface area contributed by atoms with E-state index in [0.29, 0.717) is 29.8 Å². The number of amides is 3. The standard InChI is InChI=1S/C19H19N3O3S/c1-20-18(24)15-5-4-13(11-16(15)19(20)25)17(23)22-8-6-21(7-9-22)12-14-3-2-10-26-14/h2-5,10-11H,6-9,12H2,1H3. The fourth-order valence-electron chi connectivity index (χ4n) is 3.41. The number of hydrogen-bond acceptors (Lipinski definition) is 5. The molecule has 0 spiro atoms. The molecule has 6 nitrogen and oxygen atoms in total. The molecule has 2 aromatic rings. The van der Waals surface area contributed by atoms with Gasteiger partial charge in [0.1, 0.15) is 0 Å². The summed E-state index contributed by atoms with van der Waals surface area (Å²) in [5, 5.41) is 2.08. The summed E-state index contributed by atoms with van der Waals surface area (Å²) in [7, 11) is 1.46. The van der Waals surface area contributed by atoms with E-state index in [1.54, 1.807) is 29.5 Å². The van der Waals surface area contributed by atoms with Crippen LogP contribution in [0.3, 0.4) is 0 Å². The van der Waals surface area contributed by atoms with Crippen LogP contribution in [-0.2, 0) is 6.54 Å². The highest BCUT2D eigenvalue weighted by Crippen LogP contribution is 2.23. The molecule has 1 fully saturated rings. The van der Waals surface area contributed by atoms with Crippen molar-refractivity contribution in [1.82, 2.24) is 14.7 Å². The first-order valence-electron chi connectivity index (χ1n) is 8.55. The molecule has 0 saturated carbocycles. The van der Waals surface area contributed by atoms with Gasteiger partial charge in [0.05, 0.1) is 11.1 Å². The molecule has 1 aromatic carbocycles. The maximum Gasteiger partial charge on any atom is 0.261 e. The van der Waals surface area contributed by atoms with Crippen molar-refractivity contribution in [1.29, 1.82) is 0 Å².